The van der Waals surface area contributed by atoms with Gasteiger partial charge in [-0.25, -0.2) is 0 Å². The Kier molecular flexibility index (Phi) is 4.22. The van der Waals surface area contributed by atoms with Crippen molar-refractivity contribution >= 4 is 34.0 Å². The number of thiophene rings is 1. The van der Waals surface area contributed by atoms with E-state index in [2.05, 4.69) is 39.1 Å². The number of fused-ring (bicyclic) bond motifs is 1. The smallest absolute Gasteiger partial charge is 0.266 e. The topological polar surface area (TPSA) is 71.9 Å². The summed E-state index contributed by atoms with van der Waals surface area (Å²) in [6.45, 7) is 2.90. The van der Waals surface area contributed by atoms with Gasteiger partial charge in [-0.3, -0.25) is 9.89 Å². The van der Waals surface area contributed by atoms with Gasteiger partial charge in [-0.05, 0) is 36.6 Å². The predicted molar refractivity (Wildman–Crippen MR) is 104 cm³/mol. The second kappa shape index (κ2) is 6.68. The Morgan fingerprint density at radius 3 is 2.92 bits per heavy atom. The monoisotopic (exact) mass is 366 g/mol. The molecule has 4 aromatic rings. The summed E-state index contributed by atoms with van der Waals surface area (Å²) >= 11 is 1.40. The fraction of sp³-hybridized carbons (Fsp3) is 0.158. The Bertz CT molecular complexity index is 1060. The van der Waals surface area contributed by atoms with Crippen LogP contribution in [0, 0.1) is 0 Å². The van der Waals surface area contributed by atoms with Gasteiger partial charge in [-0.15, -0.1) is 11.3 Å². The molecule has 7 heteroatoms. The minimum atomic E-state index is -0.157. The molecule has 132 valence electrons. The van der Waals surface area contributed by atoms with Crippen LogP contribution in [0.15, 0.2) is 47.8 Å². The van der Waals surface area contributed by atoms with Gasteiger partial charge in [0.15, 0.2) is 5.82 Å². The molecule has 1 aromatic carbocycles. The number of aromatic nitrogens is 3. The van der Waals surface area contributed by atoms with Crippen LogP contribution >= 0.6 is 11.3 Å². The minimum Gasteiger partial charge on any atom is -0.496 e. The number of ether oxygens (including phenoxy) is 1. The van der Waals surface area contributed by atoms with E-state index >= 15 is 0 Å². The van der Waals surface area contributed by atoms with E-state index in [0.717, 1.165) is 34.6 Å². The molecule has 0 unspecified atom stereocenters. The summed E-state index contributed by atoms with van der Waals surface area (Å²) in [6, 6.07) is 13.6. The molecule has 3 aromatic heterocycles. The lowest BCUT2D eigenvalue weighted by Gasteiger charge is -2.06. The van der Waals surface area contributed by atoms with Crippen LogP contribution in [0.1, 0.15) is 16.6 Å². The molecule has 26 heavy (non-hydrogen) atoms. The van der Waals surface area contributed by atoms with E-state index in [1.54, 1.807) is 13.2 Å². The van der Waals surface area contributed by atoms with Crippen LogP contribution in [-0.2, 0) is 6.54 Å². The largest absolute Gasteiger partial charge is 0.496 e. The molecule has 0 spiro atoms. The molecule has 3 heterocycles. The number of H-pyrrole nitrogens is 1. The van der Waals surface area contributed by atoms with Gasteiger partial charge in [-0.2, -0.15) is 5.10 Å². The molecular formula is C19H18N4O2S. The number of nitrogens with one attached hydrogen (secondary N) is 2. The maximum Gasteiger partial charge on any atom is 0.266 e. The number of carbonyl (C=O) groups excluding carboxylic acids is 1. The van der Waals surface area contributed by atoms with E-state index in [1.165, 1.54) is 11.3 Å². The van der Waals surface area contributed by atoms with Gasteiger partial charge in [-0.1, -0.05) is 12.1 Å². The number of hydrogen-bond donors (Lipinski definition) is 2. The Hall–Kier alpha value is -3.06. The highest BCUT2D eigenvalue weighted by Gasteiger charge is 2.16. The van der Waals surface area contributed by atoms with Crippen LogP contribution in [0.4, 0.5) is 5.82 Å². The number of rotatable bonds is 5. The first-order valence-electron chi connectivity index (χ1n) is 8.28. The van der Waals surface area contributed by atoms with E-state index in [1.807, 2.05) is 29.6 Å². The van der Waals surface area contributed by atoms with E-state index in [-0.39, 0.29) is 5.91 Å². The van der Waals surface area contributed by atoms with Crippen molar-refractivity contribution in [3.63, 3.8) is 0 Å². The highest BCUT2D eigenvalue weighted by atomic mass is 32.1. The molecule has 0 radical (unpaired) electrons. The first-order valence-corrected chi connectivity index (χ1v) is 9.16. The van der Waals surface area contributed by atoms with Crippen LogP contribution < -0.4 is 10.1 Å². The van der Waals surface area contributed by atoms with Gasteiger partial charge >= 0.3 is 0 Å². The van der Waals surface area contributed by atoms with E-state index in [9.17, 15) is 4.79 Å². The number of hydrogen-bond acceptors (Lipinski definition) is 4. The van der Waals surface area contributed by atoms with Crippen LogP contribution in [0.5, 0.6) is 5.75 Å². The molecular weight excluding hydrogens is 348 g/mol. The van der Waals surface area contributed by atoms with Gasteiger partial charge in [0.1, 0.15) is 5.75 Å². The quantitative estimate of drug-likeness (QED) is 0.551. The van der Waals surface area contributed by atoms with Crippen LogP contribution in [0.3, 0.4) is 0 Å². The molecule has 0 saturated heterocycles. The summed E-state index contributed by atoms with van der Waals surface area (Å²) in [7, 11) is 1.67. The summed E-state index contributed by atoms with van der Waals surface area (Å²) < 4.78 is 7.67. The molecule has 4 rings (SSSR count). The lowest BCUT2D eigenvalue weighted by atomic mass is 10.2. The Morgan fingerprint density at radius 2 is 2.19 bits per heavy atom. The third-order valence-corrected chi connectivity index (χ3v) is 5.15. The second-order valence-corrected chi connectivity index (χ2v) is 6.71. The third-order valence-electron chi connectivity index (χ3n) is 4.28. The van der Waals surface area contributed by atoms with Crippen molar-refractivity contribution in [1.82, 2.24) is 14.8 Å². The Labute approximate surface area is 154 Å². The fourth-order valence-corrected chi connectivity index (χ4v) is 3.72. The molecule has 2 N–H and O–H groups in total. The molecule has 0 atom stereocenters. The van der Waals surface area contributed by atoms with E-state index in [0.29, 0.717) is 10.7 Å². The molecule has 0 bridgehead atoms. The fourth-order valence-electron chi connectivity index (χ4n) is 3.10. The van der Waals surface area contributed by atoms with Gasteiger partial charge in [0, 0.05) is 18.0 Å². The van der Waals surface area contributed by atoms with Crippen molar-refractivity contribution < 1.29 is 9.53 Å². The molecule has 0 aliphatic heterocycles. The summed E-state index contributed by atoms with van der Waals surface area (Å²) in [5, 5.41) is 13.0. The van der Waals surface area contributed by atoms with Gasteiger partial charge < -0.3 is 14.6 Å². The maximum atomic E-state index is 12.2. The number of anilines is 1. The van der Waals surface area contributed by atoms with Crippen LogP contribution in [0.25, 0.3) is 22.3 Å². The standard InChI is InChI=1S/C19H18N4O2S/c1-3-23-14-6-4-7-16(25-2)12(14)10-15(23)13-11-18(22-21-13)20-19(24)17-8-5-9-26-17/h4-11H,3H2,1-2H3,(H2,20,21,22,24). The first-order chi connectivity index (χ1) is 12.7. The molecule has 0 aliphatic carbocycles. The summed E-state index contributed by atoms with van der Waals surface area (Å²) in [4.78, 5) is 12.8. The molecule has 0 fully saturated rings. The van der Waals surface area contributed by atoms with Gasteiger partial charge in [0.05, 0.1) is 28.9 Å². The lowest BCUT2D eigenvalue weighted by molar-refractivity contribution is 0.103. The van der Waals surface area contributed by atoms with E-state index < -0.39 is 0 Å². The first kappa shape index (κ1) is 16.4. The normalized spacial score (nSPS) is 11.0. The Morgan fingerprint density at radius 1 is 1.31 bits per heavy atom. The predicted octanol–water partition coefficient (Wildman–Crippen LogP) is 4.37. The zero-order valence-electron chi connectivity index (χ0n) is 14.4. The third kappa shape index (κ3) is 2.76. The number of amides is 1. The number of methoxy groups -OCH3 is 1. The molecule has 6 nitrogen and oxygen atoms in total. The molecule has 0 aliphatic rings. The summed E-state index contributed by atoms with van der Waals surface area (Å²) in [6.07, 6.45) is 0. The number of aromatic amines is 1. The van der Waals surface area contributed by atoms with Crippen LogP contribution in [0.2, 0.25) is 0 Å². The number of nitrogens with zero attached hydrogens (tertiary/aromatic N) is 2. The van der Waals surface area contributed by atoms with Crippen molar-refractivity contribution in [3.05, 3.63) is 52.7 Å². The highest BCUT2D eigenvalue weighted by molar-refractivity contribution is 7.12. The van der Waals surface area contributed by atoms with Crippen LogP contribution in [-0.4, -0.2) is 27.8 Å². The summed E-state index contributed by atoms with van der Waals surface area (Å²) in [5.74, 6) is 1.18. The van der Waals surface area contributed by atoms with Crippen molar-refractivity contribution in [2.75, 3.05) is 12.4 Å². The number of carbonyl (C=O) groups is 1. The molecule has 0 saturated carbocycles. The number of benzene rings is 1. The average Bonchev–Trinajstić information content (AvgIpc) is 3.39. The van der Waals surface area contributed by atoms with Crippen molar-refractivity contribution in [2.45, 2.75) is 13.5 Å². The van der Waals surface area contributed by atoms with Crippen molar-refractivity contribution in [2.24, 2.45) is 0 Å². The zero-order chi connectivity index (χ0) is 18.1. The van der Waals surface area contributed by atoms with Gasteiger partial charge in [0.2, 0.25) is 0 Å². The second-order valence-electron chi connectivity index (χ2n) is 5.77. The van der Waals surface area contributed by atoms with E-state index in [4.69, 9.17) is 4.74 Å². The Balaban J connectivity index is 1.70. The van der Waals surface area contributed by atoms with Gasteiger partial charge in [0.25, 0.3) is 5.91 Å². The zero-order valence-corrected chi connectivity index (χ0v) is 15.3. The number of aryl methyl sites for hydroxylation is 1. The lowest BCUT2D eigenvalue weighted by Crippen LogP contribution is -2.10. The molecule has 1 amide bonds. The maximum absolute atomic E-state index is 12.2. The summed E-state index contributed by atoms with van der Waals surface area (Å²) in [5.41, 5.74) is 2.93. The SMILES string of the molecule is CCn1c(-c2cc(NC(=O)c3cccs3)n[nH]2)cc2c(OC)cccc21. The highest BCUT2D eigenvalue weighted by Crippen LogP contribution is 2.33. The van der Waals surface area contributed by atoms with Crippen molar-refractivity contribution in [3.8, 4) is 17.1 Å². The minimum absolute atomic E-state index is 0.157. The average molecular weight is 366 g/mol. The van der Waals surface area contributed by atoms with Crippen molar-refractivity contribution in [1.29, 1.82) is 0 Å².